The number of hydrogen-bond acceptors (Lipinski definition) is 5. The maximum Gasteiger partial charge on any atom is 0.362 e. The Morgan fingerprint density at radius 2 is 2.36 bits per heavy atom. The second-order valence-corrected chi connectivity index (χ2v) is 2.57. The van der Waals surface area contributed by atoms with Crippen molar-refractivity contribution in [1.29, 1.82) is 0 Å². The van der Waals surface area contributed by atoms with Crippen molar-refractivity contribution in [2.75, 3.05) is 13.3 Å². The largest absolute Gasteiger partial charge is 0.461 e. The number of aryl methyl sites for hydroxylation is 1. The van der Waals surface area contributed by atoms with Crippen molar-refractivity contribution in [1.82, 2.24) is 10.3 Å². The van der Waals surface area contributed by atoms with Crippen LogP contribution >= 0.6 is 0 Å². The van der Waals surface area contributed by atoms with Crippen molar-refractivity contribution in [3.05, 3.63) is 11.4 Å². The lowest BCUT2D eigenvalue weighted by Crippen LogP contribution is -2.08. The summed E-state index contributed by atoms with van der Waals surface area (Å²) in [4.78, 5) is 11.2. The molecule has 0 saturated heterocycles. The third-order valence-electron chi connectivity index (χ3n) is 1.57. The van der Waals surface area contributed by atoms with E-state index < -0.39 is 12.6 Å². The summed E-state index contributed by atoms with van der Waals surface area (Å²) in [5.74, 6) is -0.581. The molecule has 5 nitrogen and oxygen atoms in total. The molecule has 1 heterocycles. The zero-order chi connectivity index (χ0) is 10.4. The van der Waals surface area contributed by atoms with E-state index in [2.05, 4.69) is 14.9 Å². The molecule has 0 aliphatic rings. The van der Waals surface area contributed by atoms with Gasteiger partial charge >= 0.3 is 5.97 Å². The van der Waals surface area contributed by atoms with Crippen molar-refractivity contribution in [2.24, 2.45) is 0 Å². The van der Waals surface area contributed by atoms with Gasteiger partial charge in [-0.2, -0.15) is 0 Å². The Labute approximate surface area is 80.2 Å². The first kappa shape index (κ1) is 10.6. The Morgan fingerprint density at radius 1 is 1.57 bits per heavy atom. The van der Waals surface area contributed by atoms with Crippen LogP contribution < -0.4 is 0 Å². The van der Waals surface area contributed by atoms with Crippen LogP contribution in [0.1, 0.15) is 29.5 Å². The summed E-state index contributed by atoms with van der Waals surface area (Å²) in [5, 5.41) is 6.91. The van der Waals surface area contributed by atoms with Crippen molar-refractivity contribution in [3.8, 4) is 0 Å². The van der Waals surface area contributed by atoms with Gasteiger partial charge in [0.05, 0.1) is 13.3 Å². The van der Waals surface area contributed by atoms with Crippen molar-refractivity contribution < 1.29 is 18.6 Å². The molecule has 0 atom stereocenters. The molecule has 1 aromatic rings. The van der Waals surface area contributed by atoms with Gasteiger partial charge in [0, 0.05) is 0 Å². The number of alkyl halides is 1. The lowest BCUT2D eigenvalue weighted by atomic mass is 10.2. The highest BCUT2D eigenvalue weighted by Crippen LogP contribution is 2.07. The zero-order valence-corrected chi connectivity index (χ0v) is 7.83. The van der Waals surface area contributed by atoms with Crippen LogP contribution in [0.3, 0.4) is 0 Å². The number of aromatic nitrogens is 2. The van der Waals surface area contributed by atoms with Crippen LogP contribution in [0.5, 0.6) is 0 Å². The quantitative estimate of drug-likeness (QED) is 0.670. The first-order valence-electron chi connectivity index (χ1n) is 4.34. The molecule has 1 rings (SSSR count). The van der Waals surface area contributed by atoms with Crippen molar-refractivity contribution in [3.63, 3.8) is 0 Å². The van der Waals surface area contributed by atoms with Gasteiger partial charge in [0.2, 0.25) is 5.69 Å². The maximum absolute atomic E-state index is 11.9. The number of esters is 1. The molecule has 6 heteroatoms. The topological polar surface area (TPSA) is 65.2 Å². The fourth-order valence-electron chi connectivity index (χ4n) is 0.959. The maximum atomic E-state index is 11.9. The lowest BCUT2D eigenvalue weighted by molar-refractivity contribution is 0.0513. The summed E-state index contributed by atoms with van der Waals surface area (Å²) >= 11 is 0. The van der Waals surface area contributed by atoms with Gasteiger partial charge in [-0.15, -0.1) is 0 Å². The van der Waals surface area contributed by atoms with E-state index in [-0.39, 0.29) is 12.3 Å². The zero-order valence-electron chi connectivity index (χ0n) is 7.83. The van der Waals surface area contributed by atoms with E-state index in [0.717, 1.165) is 0 Å². The van der Waals surface area contributed by atoms with Crippen LogP contribution in [0.4, 0.5) is 4.39 Å². The van der Waals surface area contributed by atoms with E-state index >= 15 is 0 Å². The summed E-state index contributed by atoms with van der Waals surface area (Å²) < 4.78 is 21.0. The third kappa shape index (κ3) is 2.51. The van der Waals surface area contributed by atoms with Crippen molar-refractivity contribution in [2.45, 2.75) is 19.8 Å². The minimum Gasteiger partial charge on any atom is -0.461 e. The Kier molecular flexibility index (Phi) is 4.03. The van der Waals surface area contributed by atoms with E-state index in [4.69, 9.17) is 4.74 Å². The molecule has 0 bridgehead atoms. The first-order valence-corrected chi connectivity index (χ1v) is 4.34. The van der Waals surface area contributed by atoms with Crippen LogP contribution in [0.2, 0.25) is 0 Å². The highest BCUT2D eigenvalue weighted by molar-refractivity contribution is 5.88. The van der Waals surface area contributed by atoms with Gasteiger partial charge in [-0.3, -0.25) is 4.39 Å². The van der Waals surface area contributed by atoms with E-state index in [0.29, 0.717) is 18.5 Å². The van der Waals surface area contributed by atoms with Gasteiger partial charge in [-0.1, -0.05) is 5.16 Å². The highest BCUT2D eigenvalue weighted by atomic mass is 19.1. The van der Waals surface area contributed by atoms with Crippen LogP contribution in [0.25, 0.3) is 0 Å². The van der Waals surface area contributed by atoms with Gasteiger partial charge in [0.25, 0.3) is 0 Å². The molecule has 0 saturated carbocycles. The number of ether oxygens (including phenoxy) is 1. The predicted molar refractivity (Wildman–Crippen MR) is 44.6 cm³/mol. The standard InChI is InChI=1S/C8H11FN2O3/c1-2-13-8(12)7-6(4-3-5-9)10-14-11-7/h2-5H2,1H3. The predicted octanol–water partition coefficient (Wildman–Crippen LogP) is 1.15. The molecule has 0 N–H and O–H groups in total. The summed E-state index contributed by atoms with van der Waals surface area (Å²) in [6.07, 6.45) is 0.620. The average molecular weight is 202 g/mol. The first-order chi connectivity index (χ1) is 6.79. The van der Waals surface area contributed by atoms with E-state index in [9.17, 15) is 9.18 Å². The molecule has 0 aliphatic carbocycles. The summed E-state index contributed by atoms with van der Waals surface area (Å²) in [7, 11) is 0. The van der Waals surface area contributed by atoms with E-state index in [1.807, 2.05) is 0 Å². The second-order valence-electron chi connectivity index (χ2n) is 2.57. The monoisotopic (exact) mass is 202 g/mol. The highest BCUT2D eigenvalue weighted by Gasteiger charge is 2.18. The fourth-order valence-corrected chi connectivity index (χ4v) is 0.959. The molecule has 0 aliphatic heterocycles. The van der Waals surface area contributed by atoms with Gasteiger partial charge in [0.15, 0.2) is 0 Å². The Hall–Kier alpha value is -1.46. The van der Waals surface area contributed by atoms with Crippen LogP contribution in [-0.2, 0) is 11.2 Å². The minimum absolute atomic E-state index is 0.0419. The van der Waals surface area contributed by atoms with E-state index in [1.54, 1.807) is 6.92 Å². The number of hydrogen-bond donors (Lipinski definition) is 0. The van der Waals surface area contributed by atoms with Crippen LogP contribution in [0.15, 0.2) is 4.63 Å². The van der Waals surface area contributed by atoms with Gasteiger partial charge in [0.1, 0.15) is 5.69 Å². The number of carbonyl (C=O) groups is 1. The Balaban J connectivity index is 2.66. The number of nitrogens with zero attached hydrogens (tertiary/aromatic N) is 2. The molecule has 0 fully saturated rings. The summed E-state index contributed by atoms with van der Waals surface area (Å²) in [6.45, 7) is 1.48. The second kappa shape index (κ2) is 5.31. The van der Waals surface area contributed by atoms with Gasteiger partial charge in [-0.05, 0) is 24.9 Å². The molecular weight excluding hydrogens is 191 g/mol. The fraction of sp³-hybridized carbons (Fsp3) is 0.625. The average Bonchev–Trinajstić information content (AvgIpc) is 2.63. The van der Waals surface area contributed by atoms with Crippen LogP contribution in [-0.4, -0.2) is 29.6 Å². The van der Waals surface area contributed by atoms with Crippen LogP contribution in [0, 0.1) is 0 Å². The number of carbonyl (C=O) groups excluding carboxylic acids is 1. The lowest BCUT2D eigenvalue weighted by Gasteiger charge is -1.97. The summed E-state index contributed by atoms with van der Waals surface area (Å²) in [5.41, 5.74) is 0.390. The third-order valence-corrected chi connectivity index (χ3v) is 1.57. The Morgan fingerprint density at radius 3 is 3.00 bits per heavy atom. The molecule has 0 radical (unpaired) electrons. The van der Waals surface area contributed by atoms with Gasteiger partial charge in [-0.25, -0.2) is 9.42 Å². The molecule has 78 valence electrons. The number of halogens is 1. The minimum atomic E-state index is -0.581. The Bertz CT molecular complexity index is 301. The smallest absolute Gasteiger partial charge is 0.362 e. The normalized spacial score (nSPS) is 10.1. The number of rotatable bonds is 5. The van der Waals surface area contributed by atoms with E-state index in [1.165, 1.54) is 0 Å². The van der Waals surface area contributed by atoms with Crippen molar-refractivity contribution >= 4 is 5.97 Å². The SMILES string of the molecule is CCOC(=O)c1nonc1CCCF. The molecular formula is C8H11FN2O3. The molecule has 0 amide bonds. The molecule has 14 heavy (non-hydrogen) atoms. The molecule has 0 aromatic carbocycles. The molecule has 0 spiro atoms. The summed E-state index contributed by atoms with van der Waals surface area (Å²) in [6, 6.07) is 0. The molecule has 1 aromatic heterocycles. The molecule has 0 unspecified atom stereocenters. The van der Waals surface area contributed by atoms with Gasteiger partial charge < -0.3 is 4.74 Å².